The number of nitrogens with one attached hydrogen (secondary N) is 2. The average Bonchev–Trinajstić information content (AvgIpc) is 2.64. The Morgan fingerprint density at radius 1 is 1.19 bits per heavy atom. The van der Waals surface area contributed by atoms with Crippen LogP contribution in [-0.4, -0.2) is 42.7 Å². The van der Waals surface area contributed by atoms with Gasteiger partial charge in [-0.2, -0.15) is 0 Å². The Labute approximate surface area is 155 Å². The van der Waals surface area contributed by atoms with Crippen molar-refractivity contribution >= 4 is 11.8 Å². The summed E-state index contributed by atoms with van der Waals surface area (Å²) in [6, 6.07) is 7.55. The molecule has 0 aromatic heterocycles. The molecule has 1 saturated carbocycles. The van der Waals surface area contributed by atoms with Gasteiger partial charge >= 0.3 is 0 Å². The molecule has 3 N–H and O–H groups in total. The van der Waals surface area contributed by atoms with Gasteiger partial charge in [0, 0.05) is 13.0 Å². The fourth-order valence-corrected chi connectivity index (χ4v) is 3.16. The summed E-state index contributed by atoms with van der Waals surface area (Å²) in [7, 11) is 0. The Morgan fingerprint density at radius 3 is 2.69 bits per heavy atom. The van der Waals surface area contributed by atoms with E-state index in [1.807, 2.05) is 31.2 Å². The second-order valence-electron chi connectivity index (χ2n) is 7.07. The van der Waals surface area contributed by atoms with Crippen LogP contribution in [0.15, 0.2) is 24.3 Å². The molecule has 0 spiro atoms. The van der Waals surface area contributed by atoms with Crippen LogP contribution in [0.25, 0.3) is 0 Å². The van der Waals surface area contributed by atoms with Crippen LogP contribution < -0.4 is 15.4 Å². The van der Waals surface area contributed by atoms with E-state index in [1.54, 1.807) is 0 Å². The van der Waals surface area contributed by atoms with Crippen LogP contribution >= 0.6 is 0 Å². The predicted octanol–water partition coefficient (Wildman–Crippen LogP) is 1.94. The minimum atomic E-state index is -0.808. The average molecular weight is 362 g/mol. The molecule has 1 aliphatic carbocycles. The molecular weight excluding hydrogens is 332 g/mol. The van der Waals surface area contributed by atoms with Gasteiger partial charge in [-0.05, 0) is 43.4 Å². The largest absolute Gasteiger partial charge is 0.491 e. The third-order valence-corrected chi connectivity index (χ3v) is 4.61. The molecule has 0 bridgehead atoms. The smallest absolute Gasteiger partial charge is 0.239 e. The van der Waals surface area contributed by atoms with Crippen molar-refractivity contribution in [2.24, 2.45) is 5.92 Å². The molecule has 6 nitrogen and oxygen atoms in total. The Balaban J connectivity index is 1.56. The number of ether oxygens (including phenoxy) is 1. The van der Waals surface area contributed by atoms with Crippen molar-refractivity contribution in [1.82, 2.24) is 10.6 Å². The van der Waals surface area contributed by atoms with Crippen molar-refractivity contribution in [3.05, 3.63) is 29.8 Å². The van der Waals surface area contributed by atoms with E-state index in [-0.39, 0.29) is 31.5 Å². The van der Waals surface area contributed by atoms with Crippen molar-refractivity contribution in [2.75, 3.05) is 19.7 Å². The first-order valence-corrected chi connectivity index (χ1v) is 9.44. The fourth-order valence-electron chi connectivity index (χ4n) is 3.16. The molecule has 26 heavy (non-hydrogen) atoms. The van der Waals surface area contributed by atoms with E-state index in [9.17, 15) is 14.7 Å². The molecule has 144 valence electrons. The van der Waals surface area contributed by atoms with Crippen LogP contribution in [0.1, 0.15) is 44.1 Å². The van der Waals surface area contributed by atoms with Crippen molar-refractivity contribution in [2.45, 2.75) is 51.6 Å². The highest BCUT2D eigenvalue weighted by atomic mass is 16.5. The molecule has 0 heterocycles. The van der Waals surface area contributed by atoms with E-state index in [0.29, 0.717) is 18.1 Å². The monoisotopic (exact) mass is 362 g/mol. The van der Waals surface area contributed by atoms with Crippen LogP contribution in [0.2, 0.25) is 0 Å². The summed E-state index contributed by atoms with van der Waals surface area (Å²) >= 11 is 0. The lowest BCUT2D eigenvalue weighted by Gasteiger charge is -2.20. The second kappa shape index (κ2) is 10.8. The summed E-state index contributed by atoms with van der Waals surface area (Å²) in [6.07, 6.45) is 5.55. The van der Waals surface area contributed by atoms with Gasteiger partial charge in [0.15, 0.2) is 0 Å². The number of aryl methyl sites for hydroxylation is 1. The molecule has 0 aliphatic heterocycles. The zero-order valence-corrected chi connectivity index (χ0v) is 15.5. The number of aliphatic hydroxyl groups excluding tert-OH is 1. The third kappa shape index (κ3) is 7.87. The molecule has 1 atom stereocenters. The Bertz CT molecular complexity index is 585. The molecule has 1 aliphatic rings. The van der Waals surface area contributed by atoms with Crippen LogP contribution in [0, 0.1) is 12.8 Å². The number of aliphatic hydroxyl groups is 1. The van der Waals surface area contributed by atoms with Crippen molar-refractivity contribution in [3.8, 4) is 5.75 Å². The molecule has 1 aromatic rings. The molecule has 1 aromatic carbocycles. The quantitative estimate of drug-likeness (QED) is 0.626. The Morgan fingerprint density at radius 2 is 1.96 bits per heavy atom. The first-order chi connectivity index (χ1) is 12.5. The van der Waals surface area contributed by atoms with Gasteiger partial charge in [-0.15, -0.1) is 0 Å². The van der Waals surface area contributed by atoms with E-state index in [4.69, 9.17) is 4.74 Å². The first-order valence-electron chi connectivity index (χ1n) is 9.44. The van der Waals surface area contributed by atoms with E-state index >= 15 is 0 Å². The van der Waals surface area contributed by atoms with Gasteiger partial charge in [0.05, 0.1) is 6.54 Å². The minimum absolute atomic E-state index is 0.0585. The van der Waals surface area contributed by atoms with Gasteiger partial charge in [-0.3, -0.25) is 9.59 Å². The second-order valence-corrected chi connectivity index (χ2v) is 7.07. The third-order valence-electron chi connectivity index (χ3n) is 4.61. The predicted molar refractivity (Wildman–Crippen MR) is 99.9 cm³/mol. The zero-order chi connectivity index (χ0) is 18.8. The lowest BCUT2D eigenvalue weighted by Crippen LogP contribution is -2.41. The van der Waals surface area contributed by atoms with Crippen molar-refractivity contribution in [1.29, 1.82) is 0 Å². The summed E-state index contributed by atoms with van der Waals surface area (Å²) in [6.45, 7) is 2.09. The molecule has 6 heteroatoms. The van der Waals surface area contributed by atoms with E-state index in [0.717, 1.165) is 18.4 Å². The number of carbonyl (C=O) groups is 2. The minimum Gasteiger partial charge on any atom is -0.491 e. The molecular formula is C20H30N2O4. The van der Waals surface area contributed by atoms with Gasteiger partial charge in [0.25, 0.3) is 0 Å². The van der Waals surface area contributed by atoms with Gasteiger partial charge in [0.1, 0.15) is 18.5 Å². The van der Waals surface area contributed by atoms with Gasteiger partial charge in [-0.1, -0.05) is 31.4 Å². The maximum absolute atomic E-state index is 11.9. The zero-order valence-electron chi connectivity index (χ0n) is 15.5. The van der Waals surface area contributed by atoms with Gasteiger partial charge in [0.2, 0.25) is 11.8 Å². The van der Waals surface area contributed by atoms with Crippen molar-refractivity contribution < 1.29 is 19.4 Å². The molecule has 1 fully saturated rings. The number of rotatable bonds is 9. The number of carbonyl (C=O) groups excluding carboxylic acids is 2. The maximum atomic E-state index is 11.9. The van der Waals surface area contributed by atoms with Crippen LogP contribution in [-0.2, 0) is 9.59 Å². The molecule has 1 unspecified atom stereocenters. The van der Waals surface area contributed by atoms with Crippen LogP contribution in [0.3, 0.4) is 0 Å². The topological polar surface area (TPSA) is 87.7 Å². The summed E-state index contributed by atoms with van der Waals surface area (Å²) in [5, 5.41) is 15.2. The standard InChI is InChI=1S/C20H30N2O4/c1-15-6-5-9-18(10-15)26-14-17(23)12-21-20(25)13-22-19(24)11-16-7-3-2-4-8-16/h5-6,9-10,16-17,23H,2-4,7-8,11-14H2,1H3,(H,21,25)(H,22,24). The summed E-state index contributed by atoms with van der Waals surface area (Å²) in [4.78, 5) is 23.7. The SMILES string of the molecule is Cc1cccc(OCC(O)CNC(=O)CNC(=O)CC2CCCCC2)c1. The van der Waals surface area contributed by atoms with Crippen LogP contribution in [0.4, 0.5) is 0 Å². The number of amides is 2. The highest BCUT2D eigenvalue weighted by Gasteiger charge is 2.17. The molecule has 0 radical (unpaired) electrons. The lowest BCUT2D eigenvalue weighted by molar-refractivity contribution is -0.127. The Hall–Kier alpha value is -2.08. The number of hydrogen-bond acceptors (Lipinski definition) is 4. The normalized spacial score (nSPS) is 15.9. The summed E-state index contributed by atoms with van der Waals surface area (Å²) in [5.41, 5.74) is 1.08. The van der Waals surface area contributed by atoms with E-state index < -0.39 is 6.10 Å². The fraction of sp³-hybridized carbons (Fsp3) is 0.600. The Kier molecular flexibility index (Phi) is 8.41. The highest BCUT2D eigenvalue weighted by Crippen LogP contribution is 2.25. The van der Waals surface area contributed by atoms with E-state index in [1.165, 1.54) is 19.3 Å². The molecule has 0 saturated heterocycles. The molecule has 2 amide bonds. The van der Waals surface area contributed by atoms with Gasteiger partial charge in [-0.25, -0.2) is 0 Å². The van der Waals surface area contributed by atoms with Crippen molar-refractivity contribution in [3.63, 3.8) is 0 Å². The van der Waals surface area contributed by atoms with Gasteiger partial charge < -0.3 is 20.5 Å². The summed E-state index contributed by atoms with van der Waals surface area (Å²) < 4.78 is 5.49. The van der Waals surface area contributed by atoms with Crippen LogP contribution in [0.5, 0.6) is 5.75 Å². The van der Waals surface area contributed by atoms with E-state index in [2.05, 4.69) is 10.6 Å². The number of benzene rings is 1. The first kappa shape index (κ1) is 20.2. The maximum Gasteiger partial charge on any atom is 0.239 e. The molecule has 2 rings (SSSR count). The lowest BCUT2D eigenvalue weighted by atomic mass is 9.87. The highest BCUT2D eigenvalue weighted by molar-refractivity contribution is 5.84. The summed E-state index contributed by atoms with van der Waals surface area (Å²) in [5.74, 6) is 0.754. The number of hydrogen-bond donors (Lipinski definition) is 3.